The number of nitrogens with one attached hydrogen (secondary N) is 1. The van der Waals surface area contributed by atoms with Crippen LogP contribution < -0.4 is 5.32 Å². The van der Waals surface area contributed by atoms with Crippen LogP contribution in [0.4, 0.5) is 0 Å². The lowest BCUT2D eigenvalue weighted by Gasteiger charge is -2.50. The van der Waals surface area contributed by atoms with Crippen molar-refractivity contribution in [3.05, 3.63) is 0 Å². The molecular weight excluding hydrogens is 172 g/mol. The Morgan fingerprint density at radius 3 is 2.21 bits per heavy atom. The molecule has 78 valence electrons. The molecule has 14 heavy (non-hydrogen) atoms. The highest BCUT2D eigenvalue weighted by atomic mass is 15.0. The maximum atomic E-state index is 9.22. The summed E-state index contributed by atoms with van der Waals surface area (Å²) in [7, 11) is 0. The van der Waals surface area contributed by atoms with Gasteiger partial charge in [0.15, 0.2) is 0 Å². The summed E-state index contributed by atoms with van der Waals surface area (Å²) in [6.45, 7) is 4.50. The SMILES string of the molecule is CC1(C)CC(C#N)(NC2CCCC2)C1. The molecule has 2 saturated carbocycles. The Kier molecular flexibility index (Phi) is 2.31. The smallest absolute Gasteiger partial charge is 0.108 e. The van der Waals surface area contributed by atoms with Gasteiger partial charge in [-0.05, 0) is 31.1 Å². The standard InChI is InChI=1S/C12H20N2/c1-11(2)7-12(8-11,9-13)14-10-5-3-4-6-10/h10,14H,3-8H2,1-2H3. The van der Waals surface area contributed by atoms with E-state index in [-0.39, 0.29) is 5.54 Å². The third kappa shape index (κ3) is 1.79. The average molecular weight is 192 g/mol. The maximum Gasteiger partial charge on any atom is 0.108 e. The van der Waals surface area contributed by atoms with Gasteiger partial charge in [-0.2, -0.15) is 5.26 Å². The maximum absolute atomic E-state index is 9.22. The summed E-state index contributed by atoms with van der Waals surface area (Å²) in [5.74, 6) is 0. The fourth-order valence-electron chi connectivity index (χ4n) is 3.26. The van der Waals surface area contributed by atoms with E-state index in [1.807, 2.05) is 0 Å². The van der Waals surface area contributed by atoms with Gasteiger partial charge in [0.25, 0.3) is 0 Å². The minimum atomic E-state index is -0.182. The fourth-order valence-corrected chi connectivity index (χ4v) is 3.26. The minimum Gasteiger partial charge on any atom is -0.297 e. The molecule has 0 amide bonds. The zero-order chi connectivity index (χ0) is 10.2. The molecule has 0 heterocycles. The van der Waals surface area contributed by atoms with Gasteiger partial charge in [0.1, 0.15) is 5.54 Å². The molecular formula is C12H20N2. The molecule has 0 aliphatic heterocycles. The van der Waals surface area contributed by atoms with Crippen LogP contribution >= 0.6 is 0 Å². The molecule has 0 unspecified atom stereocenters. The lowest BCUT2D eigenvalue weighted by atomic mass is 9.59. The van der Waals surface area contributed by atoms with Crippen LogP contribution in [-0.2, 0) is 0 Å². The van der Waals surface area contributed by atoms with E-state index in [4.69, 9.17) is 0 Å². The first-order valence-corrected chi connectivity index (χ1v) is 5.74. The van der Waals surface area contributed by atoms with E-state index in [1.165, 1.54) is 25.7 Å². The molecule has 2 aliphatic rings. The highest BCUT2D eigenvalue weighted by Crippen LogP contribution is 2.48. The van der Waals surface area contributed by atoms with Crippen molar-refractivity contribution in [3.63, 3.8) is 0 Å². The van der Waals surface area contributed by atoms with Gasteiger partial charge >= 0.3 is 0 Å². The molecule has 0 aromatic heterocycles. The number of hydrogen-bond donors (Lipinski definition) is 1. The van der Waals surface area contributed by atoms with Crippen molar-refractivity contribution in [1.82, 2.24) is 5.32 Å². The second-order valence-corrected chi connectivity index (χ2v) is 5.84. The molecule has 0 atom stereocenters. The summed E-state index contributed by atoms with van der Waals surface area (Å²) in [6.07, 6.45) is 7.25. The summed E-state index contributed by atoms with van der Waals surface area (Å²) in [5, 5.41) is 12.8. The van der Waals surface area contributed by atoms with Crippen LogP contribution in [-0.4, -0.2) is 11.6 Å². The lowest BCUT2D eigenvalue weighted by Crippen LogP contribution is -2.60. The van der Waals surface area contributed by atoms with Gasteiger partial charge in [0.2, 0.25) is 0 Å². The first-order valence-electron chi connectivity index (χ1n) is 5.74. The van der Waals surface area contributed by atoms with E-state index in [0.29, 0.717) is 11.5 Å². The normalized spacial score (nSPS) is 29.5. The third-order valence-corrected chi connectivity index (χ3v) is 3.61. The fraction of sp³-hybridized carbons (Fsp3) is 0.917. The average Bonchev–Trinajstić information content (AvgIpc) is 2.53. The third-order valence-electron chi connectivity index (χ3n) is 3.61. The Morgan fingerprint density at radius 1 is 1.21 bits per heavy atom. The predicted molar refractivity (Wildman–Crippen MR) is 56.8 cm³/mol. The second kappa shape index (κ2) is 3.24. The Morgan fingerprint density at radius 2 is 1.79 bits per heavy atom. The zero-order valence-electron chi connectivity index (χ0n) is 9.27. The van der Waals surface area contributed by atoms with Crippen LogP contribution in [0.25, 0.3) is 0 Å². The Bertz CT molecular complexity index is 248. The predicted octanol–water partition coefficient (Wildman–Crippen LogP) is 2.60. The van der Waals surface area contributed by atoms with Crippen molar-refractivity contribution < 1.29 is 0 Å². The molecule has 0 spiro atoms. The zero-order valence-corrected chi connectivity index (χ0v) is 9.27. The van der Waals surface area contributed by atoms with Crippen molar-refractivity contribution in [1.29, 1.82) is 5.26 Å². The molecule has 0 saturated heterocycles. The van der Waals surface area contributed by atoms with Gasteiger partial charge in [-0.15, -0.1) is 0 Å². The van der Waals surface area contributed by atoms with Crippen molar-refractivity contribution in [2.24, 2.45) is 5.41 Å². The molecule has 2 nitrogen and oxygen atoms in total. The van der Waals surface area contributed by atoms with Crippen LogP contribution in [0.5, 0.6) is 0 Å². The van der Waals surface area contributed by atoms with Gasteiger partial charge < -0.3 is 0 Å². The van der Waals surface area contributed by atoms with E-state index in [9.17, 15) is 5.26 Å². The summed E-state index contributed by atoms with van der Waals surface area (Å²) < 4.78 is 0. The van der Waals surface area contributed by atoms with Gasteiger partial charge in [0, 0.05) is 6.04 Å². The van der Waals surface area contributed by atoms with Crippen LogP contribution in [0.3, 0.4) is 0 Å². The quantitative estimate of drug-likeness (QED) is 0.730. The van der Waals surface area contributed by atoms with E-state index in [1.54, 1.807) is 0 Å². The molecule has 0 radical (unpaired) electrons. The van der Waals surface area contributed by atoms with E-state index < -0.39 is 0 Å². The molecule has 2 aliphatic carbocycles. The number of rotatable bonds is 2. The van der Waals surface area contributed by atoms with Crippen molar-refractivity contribution >= 4 is 0 Å². The van der Waals surface area contributed by atoms with Crippen molar-refractivity contribution in [3.8, 4) is 6.07 Å². The topological polar surface area (TPSA) is 35.8 Å². The molecule has 2 heteroatoms. The van der Waals surface area contributed by atoms with E-state index in [2.05, 4.69) is 25.2 Å². The molecule has 0 aromatic carbocycles. The first-order chi connectivity index (χ1) is 6.55. The number of hydrogen-bond acceptors (Lipinski definition) is 2. The Labute approximate surface area is 86.7 Å². The first kappa shape index (κ1) is 9.98. The van der Waals surface area contributed by atoms with E-state index >= 15 is 0 Å². The van der Waals surface area contributed by atoms with Crippen LogP contribution in [0, 0.1) is 16.7 Å². The van der Waals surface area contributed by atoms with Crippen LogP contribution in [0.2, 0.25) is 0 Å². The second-order valence-electron chi connectivity index (χ2n) is 5.84. The largest absolute Gasteiger partial charge is 0.297 e. The van der Waals surface area contributed by atoms with Gasteiger partial charge in [-0.3, -0.25) is 5.32 Å². The lowest BCUT2D eigenvalue weighted by molar-refractivity contribution is 0.0650. The summed E-state index contributed by atoms with van der Waals surface area (Å²) in [5.41, 5.74) is 0.194. The monoisotopic (exact) mass is 192 g/mol. The van der Waals surface area contributed by atoms with Gasteiger partial charge in [0.05, 0.1) is 6.07 Å². The van der Waals surface area contributed by atoms with Crippen LogP contribution in [0.15, 0.2) is 0 Å². The molecule has 0 bridgehead atoms. The van der Waals surface area contributed by atoms with E-state index in [0.717, 1.165) is 12.8 Å². The van der Waals surface area contributed by atoms with Crippen LogP contribution in [0.1, 0.15) is 52.4 Å². The minimum absolute atomic E-state index is 0.182. The molecule has 1 N–H and O–H groups in total. The molecule has 0 aromatic rings. The highest BCUT2D eigenvalue weighted by molar-refractivity contribution is 5.19. The number of nitrogens with zero attached hydrogens (tertiary/aromatic N) is 1. The van der Waals surface area contributed by atoms with Gasteiger partial charge in [-0.25, -0.2) is 0 Å². The Balaban J connectivity index is 1.92. The molecule has 2 fully saturated rings. The molecule has 2 rings (SSSR count). The summed E-state index contributed by atoms with van der Waals surface area (Å²) in [6, 6.07) is 3.10. The highest BCUT2D eigenvalue weighted by Gasteiger charge is 2.50. The summed E-state index contributed by atoms with van der Waals surface area (Å²) in [4.78, 5) is 0. The van der Waals surface area contributed by atoms with Crippen molar-refractivity contribution in [2.75, 3.05) is 0 Å². The van der Waals surface area contributed by atoms with Crippen molar-refractivity contribution in [2.45, 2.75) is 64.0 Å². The van der Waals surface area contributed by atoms with Gasteiger partial charge in [-0.1, -0.05) is 26.7 Å². The Hall–Kier alpha value is -0.550. The number of nitriles is 1. The summed E-state index contributed by atoms with van der Waals surface area (Å²) >= 11 is 0.